The number of aromatic amines is 1. The Morgan fingerprint density at radius 3 is 2.70 bits per heavy atom. The molecule has 33 heavy (non-hydrogen) atoms. The lowest BCUT2D eigenvalue weighted by Gasteiger charge is -2.12. The first-order valence-electron chi connectivity index (χ1n) is 10.4. The number of benzene rings is 1. The van der Waals surface area contributed by atoms with Crippen molar-refractivity contribution in [3.05, 3.63) is 129 Å². The Hall–Kier alpha value is -4.65. The first kappa shape index (κ1) is 20.3. The largest absolute Gasteiger partial charge is 0.329 e. The molecule has 1 N–H and O–H groups in total. The van der Waals surface area contributed by atoms with Crippen molar-refractivity contribution in [3.8, 4) is 5.69 Å². The monoisotopic (exact) mass is 433 g/mol. The molecule has 0 atom stereocenters. The van der Waals surface area contributed by atoms with Crippen LogP contribution < -0.4 is 11.1 Å². The van der Waals surface area contributed by atoms with Crippen molar-refractivity contribution >= 4 is 23.3 Å². The fourth-order valence-electron chi connectivity index (χ4n) is 3.64. The maximum absolute atomic E-state index is 13.5. The minimum atomic E-state index is -0.231. The van der Waals surface area contributed by atoms with Crippen LogP contribution in [-0.4, -0.2) is 24.5 Å². The third-order valence-electron chi connectivity index (χ3n) is 5.21. The molecule has 0 radical (unpaired) electrons. The minimum absolute atomic E-state index is 0.162. The van der Waals surface area contributed by atoms with Crippen LogP contribution in [-0.2, 0) is 6.42 Å². The van der Waals surface area contributed by atoms with Crippen LogP contribution in [0.25, 0.3) is 29.0 Å². The molecule has 5 aromatic rings. The summed E-state index contributed by atoms with van der Waals surface area (Å²) in [5.74, 6) is 0. The van der Waals surface area contributed by atoms with E-state index in [1.165, 1.54) is 0 Å². The third-order valence-corrected chi connectivity index (χ3v) is 5.21. The van der Waals surface area contributed by atoms with E-state index in [2.05, 4.69) is 19.9 Å². The number of aromatic nitrogens is 5. The zero-order chi connectivity index (χ0) is 22.6. The van der Waals surface area contributed by atoms with E-state index in [9.17, 15) is 9.59 Å². The molecule has 0 spiro atoms. The molecular formula is C26H19N5O2. The van der Waals surface area contributed by atoms with Gasteiger partial charge in [0.2, 0.25) is 0 Å². The molecule has 0 fully saturated rings. The van der Waals surface area contributed by atoms with Crippen LogP contribution in [0.15, 0.2) is 95.0 Å². The number of H-pyrrole nitrogens is 1. The van der Waals surface area contributed by atoms with E-state index in [0.29, 0.717) is 34.5 Å². The molecule has 160 valence electrons. The van der Waals surface area contributed by atoms with E-state index in [1.807, 2.05) is 48.5 Å². The number of rotatable bonds is 5. The van der Waals surface area contributed by atoms with Crippen molar-refractivity contribution in [3.63, 3.8) is 0 Å². The Bertz CT molecular complexity index is 1590. The molecule has 7 heteroatoms. The maximum atomic E-state index is 13.5. The van der Waals surface area contributed by atoms with E-state index in [-0.39, 0.29) is 11.1 Å². The van der Waals surface area contributed by atoms with Crippen molar-refractivity contribution in [2.24, 2.45) is 0 Å². The van der Waals surface area contributed by atoms with Gasteiger partial charge >= 0.3 is 0 Å². The molecule has 0 saturated heterocycles. The smallest absolute Gasteiger partial charge is 0.278 e. The number of fused-ring (bicyclic) bond motifs is 1. The van der Waals surface area contributed by atoms with Crippen molar-refractivity contribution in [1.29, 1.82) is 0 Å². The third kappa shape index (κ3) is 4.24. The number of nitrogens with one attached hydrogen (secondary N) is 1. The Morgan fingerprint density at radius 2 is 1.85 bits per heavy atom. The minimum Gasteiger partial charge on any atom is -0.329 e. The van der Waals surface area contributed by atoms with Crippen LogP contribution >= 0.6 is 0 Å². The van der Waals surface area contributed by atoms with Crippen LogP contribution in [0.5, 0.6) is 0 Å². The average molecular weight is 433 g/mol. The van der Waals surface area contributed by atoms with Gasteiger partial charge in [-0.2, -0.15) is 0 Å². The summed E-state index contributed by atoms with van der Waals surface area (Å²) in [5, 5.41) is 0. The van der Waals surface area contributed by atoms with Crippen molar-refractivity contribution < 1.29 is 0 Å². The van der Waals surface area contributed by atoms with Crippen molar-refractivity contribution in [1.82, 2.24) is 24.5 Å². The summed E-state index contributed by atoms with van der Waals surface area (Å²) >= 11 is 0. The van der Waals surface area contributed by atoms with Crippen molar-refractivity contribution in [2.75, 3.05) is 0 Å². The second-order valence-electron chi connectivity index (χ2n) is 7.47. The predicted octanol–water partition coefficient (Wildman–Crippen LogP) is 3.63. The molecule has 0 aliphatic carbocycles. The van der Waals surface area contributed by atoms with E-state index >= 15 is 0 Å². The Labute approximate surface area is 188 Å². The van der Waals surface area contributed by atoms with Gasteiger partial charge in [0.25, 0.3) is 11.1 Å². The maximum Gasteiger partial charge on any atom is 0.278 e. The number of hydrogen-bond acceptors (Lipinski definition) is 5. The van der Waals surface area contributed by atoms with Crippen LogP contribution in [0.3, 0.4) is 0 Å². The van der Waals surface area contributed by atoms with Crippen LogP contribution in [0.4, 0.5) is 0 Å². The number of hydrogen-bond donors (Lipinski definition) is 1. The summed E-state index contributed by atoms with van der Waals surface area (Å²) in [6.45, 7) is 0. The lowest BCUT2D eigenvalue weighted by atomic mass is 10.1. The van der Waals surface area contributed by atoms with Gasteiger partial charge < -0.3 is 4.98 Å². The van der Waals surface area contributed by atoms with E-state index in [0.717, 1.165) is 11.1 Å². The molecular weight excluding hydrogens is 414 g/mol. The fourth-order valence-corrected chi connectivity index (χ4v) is 3.64. The van der Waals surface area contributed by atoms with Crippen LogP contribution in [0, 0.1) is 0 Å². The predicted molar refractivity (Wildman–Crippen MR) is 128 cm³/mol. The van der Waals surface area contributed by atoms with E-state index < -0.39 is 0 Å². The molecule has 4 heterocycles. The van der Waals surface area contributed by atoms with Gasteiger partial charge in [-0.05, 0) is 59.7 Å². The summed E-state index contributed by atoms with van der Waals surface area (Å²) in [6.07, 6.45) is 10.6. The standard InChI is InChI=1S/C26H19N5O2/c32-25-20(7-3-14-29-25)11-10-18-5-1-8-21(15-18)31-24-22(9-4-13-28-24)30-23(26(31)33)16-19-6-2-12-27-17-19/h1-15,17H,16H2,(H,29,32)/b11-10+. The van der Waals surface area contributed by atoms with Crippen LogP contribution in [0.2, 0.25) is 0 Å². The molecule has 0 bridgehead atoms. The average Bonchev–Trinajstić information content (AvgIpc) is 2.85. The lowest BCUT2D eigenvalue weighted by Crippen LogP contribution is -2.25. The normalized spacial score (nSPS) is 11.3. The van der Waals surface area contributed by atoms with Crippen LogP contribution in [0.1, 0.15) is 22.4 Å². The molecule has 0 saturated carbocycles. The summed E-state index contributed by atoms with van der Waals surface area (Å²) in [5.41, 5.74) is 4.11. The molecule has 4 aromatic heterocycles. The molecule has 1 aromatic carbocycles. The SMILES string of the molecule is O=c1[nH]cccc1/C=C/c1cccc(-n2c(=O)c(Cc3cccnc3)nc3cccnc32)c1. The van der Waals surface area contributed by atoms with Gasteiger partial charge in [-0.1, -0.05) is 24.3 Å². The first-order chi connectivity index (χ1) is 16.2. The number of pyridine rings is 3. The molecule has 5 rings (SSSR count). The van der Waals surface area contributed by atoms with Gasteiger partial charge in [0.1, 0.15) is 11.2 Å². The summed E-state index contributed by atoms with van der Waals surface area (Å²) in [7, 11) is 0. The molecule has 0 aliphatic heterocycles. The highest BCUT2D eigenvalue weighted by Crippen LogP contribution is 2.17. The zero-order valence-corrected chi connectivity index (χ0v) is 17.6. The van der Waals surface area contributed by atoms with Gasteiger partial charge in [-0.3, -0.25) is 19.1 Å². The molecule has 0 aliphatic rings. The summed E-state index contributed by atoms with van der Waals surface area (Å²) in [4.78, 5) is 41.2. The van der Waals surface area contributed by atoms with Gasteiger partial charge in [-0.25, -0.2) is 9.97 Å². The highest BCUT2D eigenvalue weighted by Gasteiger charge is 2.14. The molecule has 0 unspecified atom stereocenters. The highest BCUT2D eigenvalue weighted by molar-refractivity contribution is 5.74. The quantitative estimate of drug-likeness (QED) is 0.457. The molecule has 7 nitrogen and oxygen atoms in total. The summed E-state index contributed by atoms with van der Waals surface area (Å²) < 4.78 is 1.58. The second kappa shape index (κ2) is 8.84. The highest BCUT2D eigenvalue weighted by atomic mass is 16.1. The Kier molecular flexibility index (Phi) is 5.43. The van der Waals surface area contributed by atoms with Crippen molar-refractivity contribution in [2.45, 2.75) is 6.42 Å². The zero-order valence-electron chi connectivity index (χ0n) is 17.6. The first-order valence-corrected chi connectivity index (χ1v) is 10.4. The van der Waals surface area contributed by atoms with Gasteiger partial charge in [0, 0.05) is 36.8 Å². The number of nitrogens with zero attached hydrogens (tertiary/aromatic N) is 4. The van der Waals surface area contributed by atoms with E-state index in [1.54, 1.807) is 53.6 Å². The van der Waals surface area contributed by atoms with Gasteiger partial charge in [0.15, 0.2) is 5.65 Å². The molecule has 0 amide bonds. The van der Waals surface area contributed by atoms with Gasteiger partial charge in [0.05, 0.1) is 5.69 Å². The lowest BCUT2D eigenvalue weighted by molar-refractivity contribution is 0.924. The Balaban J connectivity index is 1.62. The fraction of sp³-hybridized carbons (Fsp3) is 0.0385. The van der Waals surface area contributed by atoms with E-state index in [4.69, 9.17) is 0 Å². The summed E-state index contributed by atoms with van der Waals surface area (Å²) in [6, 6.07) is 18.4. The Morgan fingerprint density at radius 1 is 0.939 bits per heavy atom. The van der Waals surface area contributed by atoms with Gasteiger partial charge in [-0.15, -0.1) is 0 Å². The topological polar surface area (TPSA) is 93.5 Å². The second-order valence-corrected chi connectivity index (χ2v) is 7.47.